The van der Waals surface area contributed by atoms with Crippen molar-refractivity contribution in [2.24, 2.45) is 0 Å². The lowest BCUT2D eigenvalue weighted by molar-refractivity contribution is 0.277. The first-order chi connectivity index (χ1) is 7.66. The molecule has 2 rings (SSSR count). The molecular weight excluding hydrogens is 266 g/mol. The fraction of sp³-hybridized carbons (Fsp3) is 0.538. The van der Waals surface area contributed by atoms with Gasteiger partial charge in [-0.05, 0) is 56.5 Å². The van der Waals surface area contributed by atoms with Gasteiger partial charge in [0, 0.05) is 10.5 Å². The summed E-state index contributed by atoms with van der Waals surface area (Å²) in [6.07, 6.45) is 2.50. The summed E-state index contributed by atoms with van der Waals surface area (Å²) in [7, 11) is 0. The van der Waals surface area contributed by atoms with E-state index in [4.69, 9.17) is 4.74 Å². The molecule has 1 unspecified atom stereocenters. The van der Waals surface area contributed by atoms with E-state index in [1.807, 2.05) is 0 Å². The number of aryl methyl sites for hydroxylation is 2. The molecule has 1 aromatic carbocycles. The Hall–Kier alpha value is -0.540. The first-order valence-corrected chi connectivity index (χ1v) is 6.59. The quantitative estimate of drug-likeness (QED) is 0.920. The van der Waals surface area contributed by atoms with Gasteiger partial charge in [0.15, 0.2) is 0 Å². The van der Waals surface area contributed by atoms with Crippen LogP contribution in [0, 0.1) is 13.8 Å². The molecule has 0 saturated carbocycles. The Bertz CT molecular complexity index is 349. The van der Waals surface area contributed by atoms with E-state index in [2.05, 4.69) is 47.2 Å². The molecule has 1 fully saturated rings. The van der Waals surface area contributed by atoms with E-state index in [0.717, 1.165) is 18.9 Å². The molecule has 0 radical (unpaired) electrons. The van der Waals surface area contributed by atoms with E-state index in [1.54, 1.807) is 0 Å². The normalized spacial score (nSPS) is 20.1. The maximum absolute atomic E-state index is 5.82. The zero-order valence-electron chi connectivity index (χ0n) is 9.85. The predicted molar refractivity (Wildman–Crippen MR) is 70.1 cm³/mol. The highest BCUT2D eigenvalue weighted by molar-refractivity contribution is 9.10. The van der Waals surface area contributed by atoms with Crippen LogP contribution in [0.1, 0.15) is 24.0 Å². The second-order valence-electron chi connectivity index (χ2n) is 4.48. The number of halogens is 1. The minimum absolute atomic E-state index is 0.532. The lowest BCUT2D eigenvalue weighted by atomic mass is 10.1. The molecule has 0 aliphatic carbocycles. The molecular formula is C13H18BrNO. The summed E-state index contributed by atoms with van der Waals surface area (Å²) in [5.74, 6) is 0.979. The number of nitrogens with one attached hydrogen (secondary N) is 1. The van der Waals surface area contributed by atoms with Crippen LogP contribution in [0.4, 0.5) is 0 Å². The first kappa shape index (κ1) is 11.9. The van der Waals surface area contributed by atoms with Gasteiger partial charge in [0.2, 0.25) is 0 Å². The van der Waals surface area contributed by atoms with Crippen molar-refractivity contribution >= 4 is 15.9 Å². The molecule has 1 atom stereocenters. The highest BCUT2D eigenvalue weighted by Gasteiger charge is 2.14. The van der Waals surface area contributed by atoms with Gasteiger partial charge in [0.1, 0.15) is 12.4 Å². The van der Waals surface area contributed by atoms with Crippen LogP contribution in [0.2, 0.25) is 0 Å². The van der Waals surface area contributed by atoms with Crippen LogP contribution in [0.5, 0.6) is 5.75 Å². The molecule has 0 bridgehead atoms. The minimum Gasteiger partial charge on any atom is -0.492 e. The molecule has 0 amide bonds. The zero-order valence-corrected chi connectivity index (χ0v) is 11.4. The van der Waals surface area contributed by atoms with Crippen molar-refractivity contribution in [3.8, 4) is 5.75 Å². The molecule has 1 aromatic rings. The van der Waals surface area contributed by atoms with Gasteiger partial charge < -0.3 is 10.1 Å². The Kier molecular flexibility index (Phi) is 3.87. The van der Waals surface area contributed by atoms with E-state index >= 15 is 0 Å². The number of hydrogen-bond acceptors (Lipinski definition) is 2. The standard InChI is InChI=1S/C13H18BrNO/c1-9-6-12(7-10(2)13(9)14)16-8-11-4-3-5-15-11/h6-7,11,15H,3-5,8H2,1-2H3. The van der Waals surface area contributed by atoms with E-state index in [1.165, 1.54) is 28.4 Å². The van der Waals surface area contributed by atoms with E-state index in [-0.39, 0.29) is 0 Å². The molecule has 0 aromatic heterocycles. The van der Waals surface area contributed by atoms with Gasteiger partial charge in [-0.25, -0.2) is 0 Å². The number of ether oxygens (including phenoxy) is 1. The minimum atomic E-state index is 0.532. The van der Waals surface area contributed by atoms with Gasteiger partial charge >= 0.3 is 0 Å². The fourth-order valence-corrected chi connectivity index (χ4v) is 2.31. The van der Waals surface area contributed by atoms with E-state index < -0.39 is 0 Å². The van der Waals surface area contributed by atoms with Gasteiger partial charge in [-0.2, -0.15) is 0 Å². The van der Waals surface area contributed by atoms with Crippen LogP contribution in [-0.4, -0.2) is 19.2 Å². The molecule has 1 heterocycles. The Labute approximate surface area is 106 Å². The van der Waals surface area contributed by atoms with Crippen molar-refractivity contribution in [3.05, 3.63) is 27.7 Å². The summed E-state index contributed by atoms with van der Waals surface area (Å²) in [5.41, 5.74) is 2.46. The van der Waals surface area contributed by atoms with Crippen LogP contribution in [0.3, 0.4) is 0 Å². The highest BCUT2D eigenvalue weighted by Crippen LogP contribution is 2.26. The lowest BCUT2D eigenvalue weighted by Crippen LogP contribution is -2.28. The van der Waals surface area contributed by atoms with E-state index in [0.29, 0.717) is 6.04 Å². The lowest BCUT2D eigenvalue weighted by Gasteiger charge is -2.14. The molecule has 2 nitrogen and oxygen atoms in total. The molecule has 0 spiro atoms. The first-order valence-electron chi connectivity index (χ1n) is 5.80. The van der Waals surface area contributed by atoms with Gasteiger partial charge in [-0.15, -0.1) is 0 Å². The molecule has 1 aliphatic heterocycles. The molecule has 88 valence electrons. The Morgan fingerprint density at radius 2 is 2.06 bits per heavy atom. The van der Waals surface area contributed by atoms with E-state index in [9.17, 15) is 0 Å². The maximum atomic E-state index is 5.82. The SMILES string of the molecule is Cc1cc(OCC2CCCN2)cc(C)c1Br. The molecule has 3 heteroatoms. The highest BCUT2D eigenvalue weighted by atomic mass is 79.9. The predicted octanol–water partition coefficient (Wildman–Crippen LogP) is 3.20. The second-order valence-corrected chi connectivity index (χ2v) is 5.27. The van der Waals surface area contributed by atoms with Crippen LogP contribution in [0.15, 0.2) is 16.6 Å². The summed E-state index contributed by atoms with van der Waals surface area (Å²) in [6.45, 7) is 6.10. The van der Waals surface area contributed by atoms with Crippen LogP contribution >= 0.6 is 15.9 Å². The van der Waals surface area contributed by atoms with Crippen LogP contribution < -0.4 is 10.1 Å². The summed E-state index contributed by atoms with van der Waals surface area (Å²) < 4.78 is 7.00. The van der Waals surface area contributed by atoms with Gasteiger partial charge in [0.05, 0.1) is 0 Å². The Morgan fingerprint density at radius 1 is 1.38 bits per heavy atom. The smallest absolute Gasteiger partial charge is 0.119 e. The molecule has 1 saturated heterocycles. The third kappa shape index (κ3) is 2.77. The van der Waals surface area contributed by atoms with Crippen LogP contribution in [-0.2, 0) is 0 Å². The van der Waals surface area contributed by atoms with Crippen molar-refractivity contribution in [1.29, 1.82) is 0 Å². The average molecular weight is 284 g/mol. The summed E-state index contributed by atoms with van der Waals surface area (Å²) in [5, 5.41) is 3.43. The molecule has 1 aliphatic rings. The van der Waals surface area contributed by atoms with Gasteiger partial charge in [-0.1, -0.05) is 15.9 Å². The number of benzene rings is 1. The van der Waals surface area contributed by atoms with Gasteiger partial charge in [-0.3, -0.25) is 0 Å². The Balaban J connectivity index is 1.98. The number of hydrogen-bond donors (Lipinski definition) is 1. The summed E-state index contributed by atoms with van der Waals surface area (Å²) >= 11 is 3.56. The molecule has 16 heavy (non-hydrogen) atoms. The monoisotopic (exact) mass is 283 g/mol. The average Bonchev–Trinajstić information content (AvgIpc) is 2.75. The third-order valence-corrected chi connectivity index (χ3v) is 4.27. The van der Waals surface area contributed by atoms with Crippen molar-refractivity contribution in [1.82, 2.24) is 5.32 Å². The third-order valence-electron chi connectivity index (χ3n) is 3.02. The van der Waals surface area contributed by atoms with Crippen molar-refractivity contribution in [2.45, 2.75) is 32.7 Å². The van der Waals surface area contributed by atoms with Crippen molar-refractivity contribution in [3.63, 3.8) is 0 Å². The topological polar surface area (TPSA) is 21.3 Å². The zero-order chi connectivity index (χ0) is 11.5. The van der Waals surface area contributed by atoms with Gasteiger partial charge in [0.25, 0.3) is 0 Å². The second kappa shape index (κ2) is 5.19. The summed E-state index contributed by atoms with van der Waals surface area (Å²) in [4.78, 5) is 0. The molecule has 1 N–H and O–H groups in total. The maximum Gasteiger partial charge on any atom is 0.119 e. The Morgan fingerprint density at radius 3 is 2.62 bits per heavy atom. The van der Waals surface area contributed by atoms with Crippen molar-refractivity contribution in [2.75, 3.05) is 13.2 Å². The largest absolute Gasteiger partial charge is 0.492 e. The van der Waals surface area contributed by atoms with Crippen LogP contribution in [0.25, 0.3) is 0 Å². The number of rotatable bonds is 3. The fourth-order valence-electron chi connectivity index (χ4n) is 2.09. The summed E-state index contributed by atoms with van der Waals surface area (Å²) in [6, 6.07) is 4.71. The van der Waals surface area contributed by atoms with Crippen molar-refractivity contribution < 1.29 is 4.74 Å².